The summed E-state index contributed by atoms with van der Waals surface area (Å²) in [6, 6.07) is 0. The Morgan fingerprint density at radius 2 is 1.95 bits per heavy atom. The highest BCUT2D eigenvalue weighted by Crippen LogP contribution is 2.47. The minimum Gasteiger partial charge on any atom is -0.461 e. The Hall–Kier alpha value is -1.46. The molecule has 3 aliphatic rings. The molecule has 0 bridgehead atoms. The number of carbonyl (C=O) groups is 2. The number of fused-ring (bicyclic) bond motifs is 3. The Kier molecular flexibility index (Phi) is 3.60. The molecule has 1 aliphatic heterocycles. The Labute approximate surface area is 117 Å². The van der Waals surface area contributed by atoms with Crippen LogP contribution in [0.25, 0.3) is 0 Å². The van der Waals surface area contributed by atoms with Crippen molar-refractivity contribution < 1.29 is 24.9 Å². The van der Waals surface area contributed by atoms with Crippen molar-refractivity contribution in [2.45, 2.75) is 39.4 Å². The van der Waals surface area contributed by atoms with Gasteiger partial charge >= 0.3 is 5.97 Å². The lowest BCUT2D eigenvalue weighted by Gasteiger charge is -2.26. The van der Waals surface area contributed by atoms with Crippen LogP contribution in [0.5, 0.6) is 0 Å². The number of aliphatic hydroxyl groups is 1. The summed E-state index contributed by atoms with van der Waals surface area (Å²) in [6.45, 7) is 5.59. The average Bonchev–Trinajstić information content (AvgIpc) is 2.72. The lowest BCUT2D eigenvalue weighted by atomic mass is 9.80. The van der Waals surface area contributed by atoms with Gasteiger partial charge in [0.15, 0.2) is 5.78 Å². The highest BCUT2D eigenvalue weighted by molar-refractivity contribution is 6.09. The molecular formula is C15H20O5. The van der Waals surface area contributed by atoms with Gasteiger partial charge in [-0.05, 0) is 26.3 Å². The van der Waals surface area contributed by atoms with Gasteiger partial charge in [0.1, 0.15) is 6.10 Å². The molecule has 0 saturated carbocycles. The Morgan fingerprint density at radius 1 is 1.30 bits per heavy atom. The maximum absolute atomic E-state index is 12.1. The van der Waals surface area contributed by atoms with E-state index in [1.165, 1.54) is 0 Å². The number of ether oxygens (including phenoxy) is 1. The predicted molar refractivity (Wildman–Crippen MR) is 71.7 cm³/mol. The number of hydrogen-bond acceptors (Lipinski definition) is 4. The molecule has 1 unspecified atom stereocenters. The summed E-state index contributed by atoms with van der Waals surface area (Å²) < 4.78 is 5.48. The van der Waals surface area contributed by atoms with Gasteiger partial charge in [0, 0.05) is 17.4 Å². The molecule has 2 aliphatic carbocycles. The predicted octanol–water partition coefficient (Wildman–Crippen LogP) is 0.566. The zero-order chi connectivity index (χ0) is 13.9. The normalized spacial score (nSPS) is 39.6. The largest absolute Gasteiger partial charge is 0.461 e. The first kappa shape index (κ1) is 14.9. The summed E-state index contributed by atoms with van der Waals surface area (Å²) in [5, 5.41) is 10.3. The second-order valence-corrected chi connectivity index (χ2v) is 5.96. The van der Waals surface area contributed by atoms with E-state index < -0.39 is 12.2 Å². The fourth-order valence-corrected chi connectivity index (χ4v) is 3.82. The van der Waals surface area contributed by atoms with E-state index in [1.807, 2.05) is 13.8 Å². The van der Waals surface area contributed by atoms with Gasteiger partial charge < -0.3 is 15.3 Å². The van der Waals surface area contributed by atoms with Gasteiger partial charge in [-0.1, -0.05) is 18.1 Å². The van der Waals surface area contributed by atoms with Crippen molar-refractivity contribution >= 4 is 11.8 Å². The number of allylic oxidation sites excluding steroid dienone is 1. The molecular weight excluding hydrogens is 260 g/mol. The molecule has 0 aromatic heterocycles. The molecule has 0 aromatic rings. The van der Waals surface area contributed by atoms with Crippen molar-refractivity contribution in [2.24, 2.45) is 17.8 Å². The van der Waals surface area contributed by atoms with Crippen molar-refractivity contribution in [3.63, 3.8) is 0 Å². The third kappa shape index (κ3) is 1.84. The molecule has 110 valence electrons. The Bertz CT molecular complexity index is 530. The van der Waals surface area contributed by atoms with E-state index in [2.05, 4.69) is 0 Å². The number of carbonyl (C=O) groups excluding carboxylic acids is 2. The smallest absolute Gasteiger partial charge is 0.309 e. The molecule has 3 rings (SSSR count). The molecule has 5 heteroatoms. The van der Waals surface area contributed by atoms with Crippen LogP contribution in [0.3, 0.4) is 0 Å². The first-order valence-corrected chi connectivity index (χ1v) is 6.72. The van der Waals surface area contributed by atoms with Crippen molar-refractivity contribution in [2.75, 3.05) is 0 Å². The van der Waals surface area contributed by atoms with Crippen LogP contribution in [0.1, 0.15) is 27.2 Å². The minimum atomic E-state index is -0.620. The van der Waals surface area contributed by atoms with E-state index in [9.17, 15) is 14.7 Å². The SMILES string of the molecule is CC1=CC(=O)C2=C(C)C[C@H](O)C3[C@H](C)C(=O)O[C@@H]3[C@@H]12.O. The van der Waals surface area contributed by atoms with Crippen LogP contribution in [-0.4, -0.2) is 34.5 Å². The van der Waals surface area contributed by atoms with Crippen molar-refractivity contribution in [1.29, 1.82) is 0 Å². The third-order valence-corrected chi connectivity index (χ3v) is 4.75. The van der Waals surface area contributed by atoms with Crippen LogP contribution in [-0.2, 0) is 14.3 Å². The van der Waals surface area contributed by atoms with E-state index >= 15 is 0 Å². The molecule has 0 aromatic carbocycles. The summed E-state index contributed by atoms with van der Waals surface area (Å²) in [7, 11) is 0. The van der Waals surface area contributed by atoms with E-state index in [0.29, 0.717) is 6.42 Å². The highest BCUT2D eigenvalue weighted by Gasteiger charge is 2.53. The molecule has 0 radical (unpaired) electrons. The highest BCUT2D eigenvalue weighted by atomic mass is 16.6. The van der Waals surface area contributed by atoms with Gasteiger partial charge in [-0.25, -0.2) is 0 Å². The van der Waals surface area contributed by atoms with E-state index in [1.54, 1.807) is 13.0 Å². The quantitative estimate of drug-likeness (QED) is 0.656. The lowest BCUT2D eigenvalue weighted by Crippen LogP contribution is -2.35. The van der Waals surface area contributed by atoms with Crippen molar-refractivity contribution in [3.05, 3.63) is 22.8 Å². The Morgan fingerprint density at radius 3 is 2.60 bits per heavy atom. The lowest BCUT2D eigenvalue weighted by molar-refractivity contribution is -0.144. The maximum atomic E-state index is 12.1. The third-order valence-electron chi connectivity index (χ3n) is 4.75. The molecule has 5 nitrogen and oxygen atoms in total. The minimum absolute atomic E-state index is 0. The maximum Gasteiger partial charge on any atom is 0.309 e. The van der Waals surface area contributed by atoms with Gasteiger partial charge in [-0.3, -0.25) is 9.59 Å². The van der Waals surface area contributed by atoms with Gasteiger partial charge in [-0.15, -0.1) is 0 Å². The summed E-state index contributed by atoms with van der Waals surface area (Å²) in [4.78, 5) is 23.9. The number of esters is 1. The van der Waals surface area contributed by atoms with E-state index in [-0.39, 0.29) is 35.0 Å². The van der Waals surface area contributed by atoms with Crippen LogP contribution in [0, 0.1) is 17.8 Å². The number of rotatable bonds is 0. The molecule has 1 fully saturated rings. The van der Waals surface area contributed by atoms with Crippen LogP contribution in [0.4, 0.5) is 0 Å². The van der Waals surface area contributed by atoms with Crippen LogP contribution < -0.4 is 0 Å². The second kappa shape index (κ2) is 4.82. The molecule has 5 atom stereocenters. The van der Waals surface area contributed by atoms with Crippen LogP contribution in [0.15, 0.2) is 22.8 Å². The Balaban J connectivity index is 0.00000147. The fourth-order valence-electron chi connectivity index (χ4n) is 3.82. The molecule has 3 N–H and O–H groups in total. The number of ketones is 1. The van der Waals surface area contributed by atoms with Gasteiger partial charge in [0.05, 0.1) is 12.0 Å². The summed E-state index contributed by atoms with van der Waals surface area (Å²) in [5.74, 6) is -0.957. The van der Waals surface area contributed by atoms with Crippen LogP contribution >= 0.6 is 0 Å². The van der Waals surface area contributed by atoms with Crippen molar-refractivity contribution in [3.8, 4) is 0 Å². The summed E-state index contributed by atoms with van der Waals surface area (Å²) >= 11 is 0. The summed E-state index contributed by atoms with van der Waals surface area (Å²) in [5.41, 5.74) is 2.59. The first-order chi connectivity index (χ1) is 8.91. The van der Waals surface area contributed by atoms with Crippen molar-refractivity contribution in [1.82, 2.24) is 0 Å². The van der Waals surface area contributed by atoms with Gasteiger partial charge in [0.2, 0.25) is 0 Å². The molecule has 20 heavy (non-hydrogen) atoms. The zero-order valence-corrected chi connectivity index (χ0v) is 11.8. The van der Waals surface area contributed by atoms with Gasteiger partial charge in [-0.2, -0.15) is 0 Å². The zero-order valence-electron chi connectivity index (χ0n) is 11.8. The first-order valence-electron chi connectivity index (χ1n) is 6.72. The molecule has 0 spiro atoms. The molecule has 1 saturated heterocycles. The fraction of sp³-hybridized carbons (Fsp3) is 0.600. The summed E-state index contributed by atoms with van der Waals surface area (Å²) in [6.07, 6.45) is 1.06. The monoisotopic (exact) mass is 280 g/mol. The number of hydrogen-bond donors (Lipinski definition) is 1. The van der Waals surface area contributed by atoms with Gasteiger partial charge in [0.25, 0.3) is 0 Å². The molecule has 0 amide bonds. The second-order valence-electron chi connectivity index (χ2n) is 5.96. The average molecular weight is 280 g/mol. The van der Waals surface area contributed by atoms with E-state index in [0.717, 1.165) is 16.7 Å². The van der Waals surface area contributed by atoms with E-state index in [4.69, 9.17) is 4.74 Å². The van der Waals surface area contributed by atoms with Crippen LogP contribution in [0.2, 0.25) is 0 Å². The number of aliphatic hydroxyl groups excluding tert-OH is 1. The standard InChI is InChI=1S/C15H18O4.H2O/c1-6-4-10(17)13-8(3)15(18)19-14(13)12-7(2)5-9(16)11(6)12;/h5,8,10,12-14,17H,4H2,1-3H3;1H2/t8-,10-,12-,13?,14+;/m0./s1. The molecule has 1 heterocycles. The topological polar surface area (TPSA) is 95.1 Å².